The van der Waals surface area contributed by atoms with Crippen LogP contribution in [0.15, 0.2) is 18.2 Å². The van der Waals surface area contributed by atoms with E-state index in [9.17, 15) is 14.9 Å². The molecule has 1 heterocycles. The van der Waals surface area contributed by atoms with Crippen molar-refractivity contribution in [1.82, 2.24) is 4.90 Å². The lowest BCUT2D eigenvalue weighted by molar-refractivity contribution is -0.384. The minimum Gasteiger partial charge on any atom is -0.363 e. The highest BCUT2D eigenvalue weighted by Gasteiger charge is 2.24. The molecular formula is C14H19N3O3. The molecular weight excluding hydrogens is 258 g/mol. The molecule has 0 N–H and O–H groups in total. The Hall–Kier alpha value is -1.95. The van der Waals surface area contributed by atoms with E-state index in [4.69, 9.17) is 0 Å². The van der Waals surface area contributed by atoms with Crippen molar-refractivity contribution in [2.45, 2.75) is 19.9 Å². The van der Waals surface area contributed by atoms with Gasteiger partial charge >= 0.3 is 0 Å². The number of aldehydes is 1. The minimum absolute atomic E-state index is 0.0635. The molecule has 0 amide bonds. The molecule has 1 aliphatic heterocycles. The molecule has 1 aromatic rings. The summed E-state index contributed by atoms with van der Waals surface area (Å²) in [5.74, 6) is 0. The Balaban J connectivity index is 2.23. The van der Waals surface area contributed by atoms with Crippen LogP contribution in [0.4, 0.5) is 11.4 Å². The lowest BCUT2D eigenvalue weighted by atomic mass is 10.1. The molecule has 0 atom stereocenters. The topological polar surface area (TPSA) is 66.7 Å². The Labute approximate surface area is 118 Å². The predicted octanol–water partition coefficient (Wildman–Crippen LogP) is 1.94. The van der Waals surface area contributed by atoms with Gasteiger partial charge in [-0.25, -0.2) is 0 Å². The predicted molar refractivity (Wildman–Crippen MR) is 77.4 cm³/mol. The molecule has 0 aromatic heterocycles. The third kappa shape index (κ3) is 2.96. The Bertz CT molecular complexity index is 508. The standard InChI is InChI=1S/C14H19N3O3/c1-11(2)15-5-7-16(8-6-15)14-9-12(10-18)3-4-13(14)17(19)20/h3-4,9-11H,5-8H2,1-2H3. The van der Waals surface area contributed by atoms with Crippen LogP contribution in [0, 0.1) is 10.1 Å². The van der Waals surface area contributed by atoms with Crippen LogP contribution >= 0.6 is 0 Å². The highest BCUT2D eigenvalue weighted by molar-refractivity contribution is 5.80. The van der Waals surface area contributed by atoms with Crippen molar-refractivity contribution >= 4 is 17.7 Å². The van der Waals surface area contributed by atoms with Crippen LogP contribution in [0.1, 0.15) is 24.2 Å². The van der Waals surface area contributed by atoms with E-state index in [2.05, 4.69) is 18.7 Å². The summed E-state index contributed by atoms with van der Waals surface area (Å²) < 4.78 is 0. The van der Waals surface area contributed by atoms with Crippen molar-refractivity contribution in [3.63, 3.8) is 0 Å². The third-order valence-electron chi connectivity index (χ3n) is 3.72. The third-order valence-corrected chi connectivity index (χ3v) is 3.72. The average Bonchev–Trinajstić information content (AvgIpc) is 2.46. The first-order chi connectivity index (χ1) is 9.52. The smallest absolute Gasteiger partial charge is 0.292 e. The average molecular weight is 277 g/mol. The van der Waals surface area contributed by atoms with Crippen LogP contribution in [-0.2, 0) is 0 Å². The largest absolute Gasteiger partial charge is 0.363 e. The highest BCUT2D eigenvalue weighted by atomic mass is 16.6. The molecule has 1 fully saturated rings. The summed E-state index contributed by atoms with van der Waals surface area (Å²) in [5, 5.41) is 11.1. The van der Waals surface area contributed by atoms with Crippen LogP contribution in [0.2, 0.25) is 0 Å². The van der Waals surface area contributed by atoms with Gasteiger partial charge < -0.3 is 4.90 Å². The number of rotatable bonds is 4. The second-order valence-electron chi connectivity index (χ2n) is 5.24. The van der Waals surface area contributed by atoms with Gasteiger partial charge in [-0.1, -0.05) is 0 Å². The van der Waals surface area contributed by atoms with Gasteiger partial charge in [0, 0.05) is 43.9 Å². The van der Waals surface area contributed by atoms with E-state index in [1.807, 2.05) is 4.90 Å². The molecule has 0 unspecified atom stereocenters. The van der Waals surface area contributed by atoms with E-state index in [1.165, 1.54) is 12.1 Å². The normalized spacial score (nSPS) is 16.4. The summed E-state index contributed by atoms with van der Waals surface area (Å²) in [5.41, 5.74) is 1.08. The highest BCUT2D eigenvalue weighted by Crippen LogP contribution is 2.29. The number of piperazine rings is 1. The Kier molecular flexibility index (Phi) is 4.34. The molecule has 6 heteroatoms. The lowest BCUT2D eigenvalue weighted by Gasteiger charge is -2.37. The van der Waals surface area contributed by atoms with Crippen LogP contribution in [-0.4, -0.2) is 48.3 Å². The van der Waals surface area contributed by atoms with Gasteiger partial charge in [-0.15, -0.1) is 0 Å². The summed E-state index contributed by atoms with van der Waals surface area (Å²) >= 11 is 0. The van der Waals surface area contributed by atoms with Crippen molar-refractivity contribution in [1.29, 1.82) is 0 Å². The van der Waals surface area contributed by atoms with E-state index in [0.29, 0.717) is 17.3 Å². The van der Waals surface area contributed by atoms with Gasteiger partial charge in [0.05, 0.1) is 4.92 Å². The fourth-order valence-electron chi connectivity index (χ4n) is 2.50. The summed E-state index contributed by atoms with van der Waals surface area (Å²) in [7, 11) is 0. The lowest BCUT2D eigenvalue weighted by Crippen LogP contribution is -2.49. The first-order valence-corrected chi connectivity index (χ1v) is 6.75. The number of nitrogens with zero attached hydrogens (tertiary/aromatic N) is 3. The quantitative estimate of drug-likeness (QED) is 0.478. The van der Waals surface area contributed by atoms with Crippen LogP contribution in [0.3, 0.4) is 0 Å². The van der Waals surface area contributed by atoms with Crippen molar-refractivity contribution < 1.29 is 9.72 Å². The molecule has 0 bridgehead atoms. The maximum atomic E-state index is 11.1. The maximum absolute atomic E-state index is 11.1. The van der Waals surface area contributed by atoms with Crippen LogP contribution in [0.25, 0.3) is 0 Å². The summed E-state index contributed by atoms with van der Waals surface area (Å²) in [6.45, 7) is 7.51. The van der Waals surface area contributed by atoms with Gasteiger partial charge in [0.2, 0.25) is 0 Å². The number of hydrogen-bond donors (Lipinski definition) is 0. The number of anilines is 1. The molecule has 0 aliphatic carbocycles. The second-order valence-corrected chi connectivity index (χ2v) is 5.24. The van der Waals surface area contributed by atoms with Gasteiger partial charge in [0.1, 0.15) is 12.0 Å². The zero-order valence-corrected chi connectivity index (χ0v) is 11.8. The van der Waals surface area contributed by atoms with Gasteiger partial charge in [0.15, 0.2) is 0 Å². The summed E-state index contributed by atoms with van der Waals surface area (Å²) in [6.07, 6.45) is 0.720. The number of benzene rings is 1. The van der Waals surface area contributed by atoms with E-state index >= 15 is 0 Å². The first kappa shape index (κ1) is 14.5. The first-order valence-electron chi connectivity index (χ1n) is 6.75. The van der Waals surface area contributed by atoms with Crippen LogP contribution in [0.5, 0.6) is 0 Å². The molecule has 20 heavy (non-hydrogen) atoms. The summed E-state index contributed by atoms with van der Waals surface area (Å²) in [4.78, 5) is 25.9. The molecule has 0 radical (unpaired) electrons. The van der Waals surface area contributed by atoms with Crippen molar-refractivity contribution in [3.8, 4) is 0 Å². The fourth-order valence-corrected chi connectivity index (χ4v) is 2.50. The Morgan fingerprint density at radius 3 is 2.40 bits per heavy atom. The zero-order valence-electron chi connectivity index (χ0n) is 11.8. The van der Waals surface area contributed by atoms with Crippen molar-refractivity contribution in [2.75, 3.05) is 31.1 Å². The van der Waals surface area contributed by atoms with E-state index in [1.54, 1.807) is 6.07 Å². The van der Waals surface area contributed by atoms with Gasteiger partial charge in [-0.05, 0) is 26.0 Å². The second kappa shape index (κ2) is 6.00. The summed E-state index contributed by atoms with van der Waals surface area (Å²) in [6, 6.07) is 4.98. The monoisotopic (exact) mass is 277 g/mol. The molecule has 1 saturated heterocycles. The van der Waals surface area contributed by atoms with E-state index in [-0.39, 0.29) is 5.69 Å². The number of nitro groups is 1. The SMILES string of the molecule is CC(C)N1CCN(c2cc(C=O)ccc2[N+](=O)[O-])CC1. The molecule has 6 nitrogen and oxygen atoms in total. The number of hydrogen-bond acceptors (Lipinski definition) is 5. The number of carbonyl (C=O) groups excluding carboxylic acids is 1. The zero-order chi connectivity index (χ0) is 14.7. The number of nitro benzene ring substituents is 1. The maximum Gasteiger partial charge on any atom is 0.292 e. The fraction of sp³-hybridized carbons (Fsp3) is 0.500. The van der Waals surface area contributed by atoms with Crippen molar-refractivity contribution in [3.05, 3.63) is 33.9 Å². The van der Waals surface area contributed by atoms with Gasteiger partial charge in [-0.3, -0.25) is 19.8 Å². The molecule has 1 aliphatic rings. The van der Waals surface area contributed by atoms with E-state index in [0.717, 1.165) is 32.5 Å². The molecule has 0 saturated carbocycles. The van der Waals surface area contributed by atoms with Gasteiger partial charge in [0.25, 0.3) is 5.69 Å². The minimum atomic E-state index is -0.390. The molecule has 0 spiro atoms. The van der Waals surface area contributed by atoms with Crippen LogP contribution < -0.4 is 4.90 Å². The van der Waals surface area contributed by atoms with E-state index < -0.39 is 4.92 Å². The van der Waals surface area contributed by atoms with Gasteiger partial charge in [-0.2, -0.15) is 0 Å². The number of carbonyl (C=O) groups is 1. The molecule has 2 rings (SSSR count). The van der Waals surface area contributed by atoms with Crippen molar-refractivity contribution in [2.24, 2.45) is 0 Å². The Morgan fingerprint density at radius 1 is 1.25 bits per heavy atom. The Morgan fingerprint density at radius 2 is 1.90 bits per heavy atom. The molecule has 1 aromatic carbocycles. The molecule has 108 valence electrons.